The van der Waals surface area contributed by atoms with Crippen LogP contribution in [0.2, 0.25) is 0 Å². The van der Waals surface area contributed by atoms with E-state index < -0.39 is 0 Å². The van der Waals surface area contributed by atoms with E-state index in [9.17, 15) is 0 Å². The minimum atomic E-state index is 0.163. The van der Waals surface area contributed by atoms with Crippen LogP contribution in [0.3, 0.4) is 0 Å². The van der Waals surface area contributed by atoms with Crippen molar-refractivity contribution in [2.75, 3.05) is 51.3 Å². The molecule has 0 N–H and O–H groups in total. The van der Waals surface area contributed by atoms with Crippen molar-refractivity contribution in [3.05, 3.63) is 53.7 Å². The third kappa shape index (κ3) is 3.62. The molecule has 5 heteroatoms. The predicted molar refractivity (Wildman–Crippen MR) is 98.3 cm³/mol. The summed E-state index contributed by atoms with van der Waals surface area (Å²) in [6, 6.07) is 12.5. The van der Waals surface area contributed by atoms with Gasteiger partial charge in [-0.1, -0.05) is 12.1 Å². The van der Waals surface area contributed by atoms with Gasteiger partial charge in [0.25, 0.3) is 0 Å². The number of hydrogen-bond acceptors (Lipinski definition) is 5. The standard InChI is InChI=1S/C20H25N3O2/c1-24-17-5-6-18-16(14-17)7-13-25-19(18)15-22-9-11-23(12-10-22)20-4-2-3-8-21-20/h2-6,8,14,19H,7,9-13,15H2,1H3. The molecule has 4 rings (SSSR count). The van der Waals surface area contributed by atoms with E-state index in [-0.39, 0.29) is 6.10 Å². The first-order chi connectivity index (χ1) is 12.3. The van der Waals surface area contributed by atoms with E-state index in [1.165, 1.54) is 11.1 Å². The Labute approximate surface area is 149 Å². The van der Waals surface area contributed by atoms with Crippen molar-refractivity contribution in [2.24, 2.45) is 0 Å². The van der Waals surface area contributed by atoms with Gasteiger partial charge in [0, 0.05) is 38.9 Å². The minimum absolute atomic E-state index is 0.163. The average Bonchev–Trinajstić information content (AvgIpc) is 2.69. The molecule has 132 valence electrons. The molecule has 0 amide bonds. The third-order valence-corrected chi connectivity index (χ3v) is 5.16. The Morgan fingerprint density at radius 3 is 2.80 bits per heavy atom. The van der Waals surface area contributed by atoms with Crippen molar-refractivity contribution in [2.45, 2.75) is 12.5 Å². The maximum absolute atomic E-state index is 6.08. The van der Waals surface area contributed by atoms with Crippen molar-refractivity contribution >= 4 is 5.82 Å². The monoisotopic (exact) mass is 339 g/mol. The molecule has 0 radical (unpaired) electrons. The summed E-state index contributed by atoms with van der Waals surface area (Å²) in [5.41, 5.74) is 2.68. The summed E-state index contributed by atoms with van der Waals surface area (Å²) >= 11 is 0. The Balaban J connectivity index is 1.38. The molecular formula is C20H25N3O2. The quantitative estimate of drug-likeness (QED) is 0.856. The van der Waals surface area contributed by atoms with E-state index in [2.05, 4.69) is 39.0 Å². The van der Waals surface area contributed by atoms with Gasteiger partial charge in [0.15, 0.2) is 0 Å². The summed E-state index contributed by atoms with van der Waals surface area (Å²) in [6.45, 7) is 5.86. The molecule has 0 bridgehead atoms. The summed E-state index contributed by atoms with van der Waals surface area (Å²) in [6.07, 6.45) is 3.00. The van der Waals surface area contributed by atoms with Gasteiger partial charge < -0.3 is 14.4 Å². The fourth-order valence-corrected chi connectivity index (χ4v) is 3.73. The lowest BCUT2D eigenvalue weighted by molar-refractivity contribution is 0.0147. The number of fused-ring (bicyclic) bond motifs is 1. The Morgan fingerprint density at radius 2 is 2.04 bits per heavy atom. The molecule has 25 heavy (non-hydrogen) atoms. The molecule has 0 aliphatic carbocycles. The van der Waals surface area contributed by atoms with Gasteiger partial charge in [-0.2, -0.15) is 0 Å². The summed E-state index contributed by atoms with van der Waals surface area (Å²) in [4.78, 5) is 9.32. The number of pyridine rings is 1. The normalized spacial score (nSPS) is 21.0. The first-order valence-corrected chi connectivity index (χ1v) is 9.00. The maximum Gasteiger partial charge on any atom is 0.128 e. The number of piperazine rings is 1. The van der Waals surface area contributed by atoms with E-state index in [1.807, 2.05) is 18.3 Å². The molecule has 0 spiro atoms. The van der Waals surface area contributed by atoms with Crippen LogP contribution < -0.4 is 9.64 Å². The molecule has 1 aromatic carbocycles. The minimum Gasteiger partial charge on any atom is -0.497 e. The maximum atomic E-state index is 6.08. The third-order valence-electron chi connectivity index (χ3n) is 5.16. The molecule has 1 aromatic heterocycles. The zero-order valence-electron chi connectivity index (χ0n) is 14.7. The molecule has 3 heterocycles. The van der Waals surface area contributed by atoms with Crippen LogP contribution in [0.5, 0.6) is 5.75 Å². The molecule has 2 aliphatic rings. The fourth-order valence-electron chi connectivity index (χ4n) is 3.73. The van der Waals surface area contributed by atoms with Crippen LogP contribution in [-0.2, 0) is 11.2 Å². The molecule has 0 saturated carbocycles. The molecular weight excluding hydrogens is 314 g/mol. The Hall–Kier alpha value is -2.11. The largest absolute Gasteiger partial charge is 0.497 e. The SMILES string of the molecule is COc1ccc2c(c1)CCOC2CN1CCN(c2ccccn2)CC1. The van der Waals surface area contributed by atoms with Gasteiger partial charge in [0.05, 0.1) is 19.8 Å². The van der Waals surface area contributed by atoms with Gasteiger partial charge in [0.1, 0.15) is 11.6 Å². The first kappa shape index (κ1) is 16.4. The smallest absolute Gasteiger partial charge is 0.128 e. The van der Waals surface area contributed by atoms with Crippen molar-refractivity contribution < 1.29 is 9.47 Å². The van der Waals surface area contributed by atoms with Crippen LogP contribution in [0.15, 0.2) is 42.6 Å². The van der Waals surface area contributed by atoms with E-state index in [4.69, 9.17) is 9.47 Å². The summed E-state index contributed by atoms with van der Waals surface area (Å²) in [7, 11) is 1.72. The molecule has 2 aromatic rings. The number of nitrogens with zero attached hydrogens (tertiary/aromatic N) is 3. The van der Waals surface area contributed by atoms with Crippen LogP contribution in [0, 0.1) is 0 Å². The highest BCUT2D eigenvalue weighted by atomic mass is 16.5. The average molecular weight is 339 g/mol. The van der Waals surface area contributed by atoms with Crippen LogP contribution in [0.25, 0.3) is 0 Å². The summed E-state index contributed by atoms with van der Waals surface area (Å²) in [5.74, 6) is 2.01. The second-order valence-electron chi connectivity index (χ2n) is 6.65. The Bertz CT molecular complexity index is 699. The zero-order chi connectivity index (χ0) is 17.1. The number of methoxy groups -OCH3 is 1. The van der Waals surface area contributed by atoms with E-state index >= 15 is 0 Å². The molecule has 1 fully saturated rings. The Kier molecular flexibility index (Phi) is 4.85. The van der Waals surface area contributed by atoms with Crippen LogP contribution in [-0.4, -0.2) is 56.3 Å². The second-order valence-corrected chi connectivity index (χ2v) is 6.65. The summed E-state index contributed by atoms with van der Waals surface area (Å²) in [5, 5.41) is 0. The number of aromatic nitrogens is 1. The van der Waals surface area contributed by atoms with Crippen LogP contribution in [0.1, 0.15) is 17.2 Å². The zero-order valence-corrected chi connectivity index (χ0v) is 14.7. The van der Waals surface area contributed by atoms with Gasteiger partial charge >= 0.3 is 0 Å². The lowest BCUT2D eigenvalue weighted by Gasteiger charge is -2.38. The van der Waals surface area contributed by atoms with Gasteiger partial charge in [-0.15, -0.1) is 0 Å². The Morgan fingerprint density at radius 1 is 1.16 bits per heavy atom. The van der Waals surface area contributed by atoms with Gasteiger partial charge in [0.2, 0.25) is 0 Å². The topological polar surface area (TPSA) is 37.8 Å². The van der Waals surface area contributed by atoms with Crippen molar-refractivity contribution in [3.8, 4) is 5.75 Å². The number of ether oxygens (including phenoxy) is 2. The summed E-state index contributed by atoms with van der Waals surface area (Å²) < 4.78 is 11.4. The lowest BCUT2D eigenvalue weighted by atomic mass is 9.96. The van der Waals surface area contributed by atoms with Gasteiger partial charge in [-0.05, 0) is 41.8 Å². The molecule has 5 nitrogen and oxygen atoms in total. The first-order valence-electron chi connectivity index (χ1n) is 9.00. The number of anilines is 1. The molecule has 2 aliphatic heterocycles. The van der Waals surface area contributed by atoms with Crippen LogP contribution >= 0.6 is 0 Å². The lowest BCUT2D eigenvalue weighted by Crippen LogP contribution is -2.48. The second kappa shape index (κ2) is 7.42. The van der Waals surface area contributed by atoms with Gasteiger partial charge in [-0.25, -0.2) is 4.98 Å². The number of benzene rings is 1. The van der Waals surface area contributed by atoms with E-state index in [0.29, 0.717) is 0 Å². The van der Waals surface area contributed by atoms with E-state index in [0.717, 1.165) is 57.3 Å². The van der Waals surface area contributed by atoms with Crippen molar-refractivity contribution in [1.29, 1.82) is 0 Å². The fraction of sp³-hybridized carbons (Fsp3) is 0.450. The molecule has 1 saturated heterocycles. The molecule has 1 unspecified atom stereocenters. The number of rotatable bonds is 4. The van der Waals surface area contributed by atoms with E-state index in [1.54, 1.807) is 7.11 Å². The van der Waals surface area contributed by atoms with Gasteiger partial charge in [-0.3, -0.25) is 4.90 Å². The van der Waals surface area contributed by atoms with Crippen LogP contribution in [0.4, 0.5) is 5.82 Å². The number of hydrogen-bond donors (Lipinski definition) is 0. The highest BCUT2D eigenvalue weighted by Crippen LogP contribution is 2.31. The highest BCUT2D eigenvalue weighted by Gasteiger charge is 2.26. The van der Waals surface area contributed by atoms with Crippen molar-refractivity contribution in [3.63, 3.8) is 0 Å². The van der Waals surface area contributed by atoms with Crippen molar-refractivity contribution in [1.82, 2.24) is 9.88 Å². The molecule has 1 atom stereocenters. The predicted octanol–water partition coefficient (Wildman–Crippen LogP) is 2.53. The highest BCUT2D eigenvalue weighted by molar-refractivity contribution is 5.39.